The minimum Gasteiger partial charge on any atom is -0.495 e. The molecule has 0 atom stereocenters. The summed E-state index contributed by atoms with van der Waals surface area (Å²) in [6.45, 7) is 14.1. The lowest BCUT2D eigenvalue weighted by atomic mass is 10.0. The van der Waals surface area contributed by atoms with Crippen molar-refractivity contribution in [2.24, 2.45) is 0 Å². The van der Waals surface area contributed by atoms with Crippen LogP contribution in [0.4, 0.5) is 0 Å². The molecule has 0 amide bonds. The average molecular weight is 341 g/mol. The van der Waals surface area contributed by atoms with Crippen LogP contribution in [0.5, 0.6) is 5.75 Å². The van der Waals surface area contributed by atoms with E-state index in [1.54, 1.807) is 7.11 Å². The molecule has 130 valence electrons. The Morgan fingerprint density at radius 2 is 1.62 bits per heavy atom. The highest BCUT2D eigenvalue weighted by atomic mass is 28.3. The molecule has 0 aliphatic heterocycles. The Kier molecular flexibility index (Phi) is 7.65. The van der Waals surface area contributed by atoms with Crippen LogP contribution < -0.4 is 4.74 Å². The molecule has 0 heterocycles. The molecular formula is C22H32OSi. The summed E-state index contributed by atoms with van der Waals surface area (Å²) in [7, 11) is 0.0288. The SMILES string of the molecule is C#Cc1c(CCC#C[Si](C(C)C)(C(C)C)C(C)C)cccc1OC. The Balaban J connectivity index is 2.99. The van der Waals surface area contributed by atoms with Crippen molar-refractivity contribution in [2.45, 2.75) is 71.0 Å². The zero-order valence-electron chi connectivity index (χ0n) is 16.4. The number of ether oxygens (including phenoxy) is 1. The Morgan fingerprint density at radius 3 is 2.08 bits per heavy atom. The highest BCUT2D eigenvalue weighted by molar-refractivity contribution is 6.90. The van der Waals surface area contributed by atoms with E-state index in [4.69, 9.17) is 11.2 Å². The van der Waals surface area contributed by atoms with Crippen molar-refractivity contribution >= 4 is 8.07 Å². The zero-order valence-corrected chi connectivity index (χ0v) is 17.4. The molecule has 1 aromatic carbocycles. The largest absolute Gasteiger partial charge is 0.495 e. The second kappa shape index (κ2) is 9.00. The molecule has 0 bridgehead atoms. The van der Waals surface area contributed by atoms with E-state index in [0.717, 1.165) is 29.7 Å². The molecule has 0 unspecified atom stereocenters. The predicted octanol–water partition coefficient (Wildman–Crippen LogP) is 5.83. The van der Waals surface area contributed by atoms with E-state index in [2.05, 4.69) is 65.0 Å². The van der Waals surface area contributed by atoms with E-state index in [-0.39, 0.29) is 0 Å². The van der Waals surface area contributed by atoms with Crippen LogP contribution in [0.15, 0.2) is 18.2 Å². The van der Waals surface area contributed by atoms with E-state index in [9.17, 15) is 0 Å². The van der Waals surface area contributed by atoms with Gasteiger partial charge in [0.2, 0.25) is 0 Å². The van der Waals surface area contributed by atoms with Crippen LogP contribution in [0.1, 0.15) is 59.1 Å². The topological polar surface area (TPSA) is 9.23 Å². The number of hydrogen-bond donors (Lipinski definition) is 0. The Hall–Kier alpha value is -1.64. The molecule has 1 rings (SSSR count). The van der Waals surface area contributed by atoms with Crippen molar-refractivity contribution in [3.8, 4) is 29.6 Å². The van der Waals surface area contributed by atoms with Crippen LogP contribution in [0.25, 0.3) is 0 Å². The lowest BCUT2D eigenvalue weighted by Gasteiger charge is -2.38. The van der Waals surface area contributed by atoms with Gasteiger partial charge in [-0.25, -0.2) is 0 Å². The normalized spacial score (nSPS) is 11.4. The molecule has 0 aromatic heterocycles. The molecule has 0 saturated carbocycles. The summed E-state index contributed by atoms with van der Waals surface area (Å²) in [5, 5.41) is 0. The van der Waals surface area contributed by atoms with Crippen molar-refractivity contribution in [3.05, 3.63) is 29.3 Å². The number of rotatable bonds is 6. The first-order chi connectivity index (χ1) is 11.3. The van der Waals surface area contributed by atoms with Gasteiger partial charge < -0.3 is 4.74 Å². The van der Waals surface area contributed by atoms with Gasteiger partial charge in [0.05, 0.1) is 12.7 Å². The fourth-order valence-electron chi connectivity index (χ4n) is 3.96. The van der Waals surface area contributed by atoms with E-state index >= 15 is 0 Å². The van der Waals surface area contributed by atoms with Gasteiger partial charge in [-0.1, -0.05) is 59.6 Å². The van der Waals surface area contributed by atoms with Crippen molar-refractivity contribution in [1.29, 1.82) is 0 Å². The molecule has 24 heavy (non-hydrogen) atoms. The molecule has 2 heteroatoms. The number of methoxy groups -OCH3 is 1. The molecule has 1 aromatic rings. The number of benzene rings is 1. The van der Waals surface area contributed by atoms with Crippen LogP contribution in [-0.4, -0.2) is 15.2 Å². The zero-order chi connectivity index (χ0) is 18.3. The Morgan fingerprint density at radius 1 is 1.04 bits per heavy atom. The highest BCUT2D eigenvalue weighted by Gasteiger charge is 2.41. The van der Waals surface area contributed by atoms with Crippen LogP contribution in [0.2, 0.25) is 16.6 Å². The molecule has 0 fully saturated rings. The van der Waals surface area contributed by atoms with Gasteiger partial charge in [-0.15, -0.1) is 17.9 Å². The maximum absolute atomic E-state index is 5.66. The Labute approximate surface area is 150 Å². The van der Waals surface area contributed by atoms with Crippen molar-refractivity contribution in [1.82, 2.24) is 0 Å². The number of hydrogen-bond acceptors (Lipinski definition) is 1. The second-order valence-electron chi connectivity index (χ2n) is 7.34. The maximum Gasteiger partial charge on any atom is 0.145 e. The standard InChI is InChI=1S/C22H32OSi/c1-9-21-20(14-12-15-22(21)23-8)13-10-11-16-24(17(2)3,18(4)5)19(6)7/h1,12,14-15,17-19H,10,13H2,2-8H3. The van der Waals surface area contributed by atoms with Gasteiger partial charge in [0, 0.05) is 6.42 Å². The summed E-state index contributed by atoms with van der Waals surface area (Å²) >= 11 is 0. The summed E-state index contributed by atoms with van der Waals surface area (Å²) < 4.78 is 5.36. The van der Waals surface area contributed by atoms with Gasteiger partial charge in [-0.05, 0) is 34.7 Å². The van der Waals surface area contributed by atoms with Crippen molar-refractivity contribution in [3.63, 3.8) is 0 Å². The van der Waals surface area contributed by atoms with E-state index < -0.39 is 8.07 Å². The quantitative estimate of drug-likeness (QED) is 0.467. The lowest BCUT2D eigenvalue weighted by Crippen LogP contribution is -2.43. The maximum atomic E-state index is 5.66. The fraction of sp³-hybridized carbons (Fsp3) is 0.545. The second-order valence-corrected chi connectivity index (χ2v) is 12.9. The molecule has 0 spiro atoms. The smallest absolute Gasteiger partial charge is 0.145 e. The number of aryl methyl sites for hydroxylation is 1. The first-order valence-electron chi connectivity index (χ1n) is 8.93. The van der Waals surface area contributed by atoms with E-state index in [1.165, 1.54) is 0 Å². The minimum atomic E-state index is -1.63. The van der Waals surface area contributed by atoms with Gasteiger partial charge in [0.15, 0.2) is 0 Å². The summed E-state index contributed by atoms with van der Waals surface area (Å²) in [6, 6.07) is 5.99. The fourth-order valence-corrected chi connectivity index (χ4v) is 9.26. The highest BCUT2D eigenvalue weighted by Crippen LogP contribution is 2.40. The number of terminal acetylenes is 1. The van der Waals surface area contributed by atoms with Crippen LogP contribution >= 0.6 is 0 Å². The van der Waals surface area contributed by atoms with Crippen LogP contribution in [0, 0.1) is 23.8 Å². The van der Waals surface area contributed by atoms with Crippen molar-refractivity contribution < 1.29 is 4.74 Å². The van der Waals surface area contributed by atoms with Gasteiger partial charge in [-0.3, -0.25) is 0 Å². The Bertz CT molecular complexity index is 616. The molecular weight excluding hydrogens is 308 g/mol. The minimum absolute atomic E-state index is 0.670. The van der Waals surface area contributed by atoms with Gasteiger partial charge in [0.25, 0.3) is 0 Å². The third-order valence-electron chi connectivity index (χ3n) is 5.17. The van der Waals surface area contributed by atoms with Crippen LogP contribution in [-0.2, 0) is 6.42 Å². The molecule has 0 aliphatic rings. The van der Waals surface area contributed by atoms with Gasteiger partial charge in [-0.2, -0.15) is 0 Å². The van der Waals surface area contributed by atoms with E-state index in [1.807, 2.05) is 12.1 Å². The third-order valence-corrected chi connectivity index (χ3v) is 11.5. The molecule has 1 nitrogen and oxygen atoms in total. The molecule has 0 saturated heterocycles. The molecule has 0 aliphatic carbocycles. The summed E-state index contributed by atoms with van der Waals surface area (Å²) in [4.78, 5) is 0. The van der Waals surface area contributed by atoms with Gasteiger partial charge >= 0.3 is 0 Å². The summed E-state index contributed by atoms with van der Waals surface area (Å²) in [6.07, 6.45) is 7.39. The lowest BCUT2D eigenvalue weighted by molar-refractivity contribution is 0.413. The average Bonchev–Trinajstić information content (AvgIpc) is 2.53. The summed E-state index contributed by atoms with van der Waals surface area (Å²) in [5.74, 6) is 7.05. The monoisotopic (exact) mass is 340 g/mol. The van der Waals surface area contributed by atoms with Crippen LogP contribution in [0.3, 0.4) is 0 Å². The van der Waals surface area contributed by atoms with Crippen molar-refractivity contribution in [2.75, 3.05) is 7.11 Å². The molecule has 0 radical (unpaired) electrons. The van der Waals surface area contributed by atoms with E-state index in [0.29, 0.717) is 16.6 Å². The predicted molar refractivity (Wildman–Crippen MR) is 108 cm³/mol. The first kappa shape index (κ1) is 20.4. The molecule has 0 N–H and O–H groups in total. The first-order valence-corrected chi connectivity index (χ1v) is 11.2. The summed E-state index contributed by atoms with van der Waals surface area (Å²) in [5.41, 5.74) is 7.80. The van der Waals surface area contributed by atoms with Gasteiger partial charge in [0.1, 0.15) is 13.8 Å². The third kappa shape index (κ3) is 4.25.